The highest BCUT2D eigenvalue weighted by molar-refractivity contribution is 14.1. The lowest BCUT2D eigenvalue weighted by atomic mass is 9.84. The number of aromatic nitrogens is 1. The second kappa shape index (κ2) is 4.50. The maximum atomic E-state index is 13.6. The van der Waals surface area contributed by atoms with E-state index in [4.69, 9.17) is 0 Å². The number of hydrogen-bond donors (Lipinski definition) is 0. The summed E-state index contributed by atoms with van der Waals surface area (Å²) in [7, 11) is 0. The molecule has 0 N–H and O–H groups in total. The average molecular weight is 341 g/mol. The molecular weight excluding hydrogens is 330 g/mol. The van der Waals surface area contributed by atoms with Gasteiger partial charge in [-0.2, -0.15) is 0 Å². The molecule has 0 aliphatic heterocycles. The first-order valence-corrected chi connectivity index (χ1v) is 6.24. The molecule has 0 amide bonds. The Morgan fingerprint density at radius 1 is 1.31 bits per heavy atom. The number of pyridine rings is 1. The van der Waals surface area contributed by atoms with Crippen LogP contribution in [0.5, 0.6) is 0 Å². The minimum atomic E-state index is -2.57. The van der Waals surface area contributed by atoms with Crippen molar-refractivity contribution in [1.82, 2.24) is 4.98 Å². The Morgan fingerprint density at radius 2 is 1.94 bits per heavy atom. The fourth-order valence-corrected chi connectivity index (χ4v) is 2.45. The summed E-state index contributed by atoms with van der Waals surface area (Å²) < 4.78 is 40.2. The van der Waals surface area contributed by atoms with Gasteiger partial charge in [-0.1, -0.05) is 0 Å². The van der Waals surface area contributed by atoms with Crippen LogP contribution in [0.15, 0.2) is 12.3 Å². The number of halogens is 4. The Kier molecular flexibility index (Phi) is 3.42. The number of hydrogen-bond acceptors (Lipinski definition) is 1. The van der Waals surface area contributed by atoms with Crippen molar-refractivity contribution in [2.24, 2.45) is 0 Å². The first kappa shape index (κ1) is 12.1. The Labute approximate surface area is 106 Å². The summed E-state index contributed by atoms with van der Waals surface area (Å²) in [4.78, 5) is 4.02. The van der Waals surface area contributed by atoms with Gasteiger partial charge in [0.05, 0.1) is 5.69 Å². The van der Waals surface area contributed by atoms with Gasteiger partial charge in [0.25, 0.3) is 0 Å². The molecule has 0 atom stereocenters. The van der Waals surface area contributed by atoms with E-state index in [-0.39, 0.29) is 24.6 Å². The molecule has 1 aliphatic carbocycles. The minimum Gasteiger partial charge on any atom is -0.257 e. The van der Waals surface area contributed by atoms with Crippen LogP contribution in [0, 0.1) is 9.39 Å². The molecule has 88 valence electrons. The molecule has 16 heavy (non-hydrogen) atoms. The molecule has 0 radical (unpaired) electrons. The molecule has 1 saturated carbocycles. The Hall–Kier alpha value is -0.330. The Balaban J connectivity index is 2.14. The zero-order chi connectivity index (χ0) is 11.8. The molecule has 5 heteroatoms. The molecule has 2 rings (SSSR count). The van der Waals surface area contributed by atoms with Crippen LogP contribution in [-0.2, 0) is 0 Å². The molecule has 1 heterocycles. The lowest BCUT2D eigenvalue weighted by Gasteiger charge is -2.27. The predicted molar refractivity (Wildman–Crippen MR) is 63.1 cm³/mol. The Morgan fingerprint density at radius 3 is 2.50 bits per heavy atom. The molecule has 0 saturated heterocycles. The summed E-state index contributed by atoms with van der Waals surface area (Å²) in [5.41, 5.74) is 0.343. The van der Waals surface area contributed by atoms with Crippen LogP contribution in [0.3, 0.4) is 0 Å². The van der Waals surface area contributed by atoms with Crippen molar-refractivity contribution >= 4 is 22.6 Å². The third kappa shape index (κ3) is 2.67. The van der Waals surface area contributed by atoms with Crippen molar-refractivity contribution in [2.75, 3.05) is 0 Å². The van der Waals surface area contributed by atoms with E-state index >= 15 is 0 Å². The smallest absolute Gasteiger partial charge is 0.248 e. The highest BCUT2D eigenvalue weighted by atomic mass is 127. The maximum absolute atomic E-state index is 13.6. The molecule has 0 bridgehead atoms. The lowest BCUT2D eigenvalue weighted by molar-refractivity contribution is -0.0387. The van der Waals surface area contributed by atoms with Gasteiger partial charge in [0.1, 0.15) is 5.82 Å². The van der Waals surface area contributed by atoms with Gasteiger partial charge >= 0.3 is 0 Å². The normalized spacial score (nSPS) is 21.0. The standard InChI is InChI=1S/C11H11F3IN/c12-9-5-8(15)6-16-10(9)7-1-3-11(13,14)4-2-7/h5-7H,1-4H2. The molecule has 0 unspecified atom stereocenters. The van der Waals surface area contributed by atoms with Gasteiger partial charge in [0.15, 0.2) is 0 Å². The van der Waals surface area contributed by atoms with Crippen LogP contribution in [0.4, 0.5) is 13.2 Å². The number of alkyl halides is 2. The van der Waals surface area contributed by atoms with E-state index in [9.17, 15) is 13.2 Å². The van der Waals surface area contributed by atoms with Crippen LogP contribution in [0.1, 0.15) is 37.3 Å². The van der Waals surface area contributed by atoms with Gasteiger partial charge in [-0.05, 0) is 41.5 Å². The van der Waals surface area contributed by atoms with E-state index in [1.165, 1.54) is 6.07 Å². The highest BCUT2D eigenvalue weighted by Crippen LogP contribution is 2.40. The summed E-state index contributed by atoms with van der Waals surface area (Å²) in [5.74, 6) is -3.10. The molecule has 1 fully saturated rings. The molecular formula is C11H11F3IN. The van der Waals surface area contributed by atoms with Gasteiger partial charge in [0.2, 0.25) is 5.92 Å². The van der Waals surface area contributed by atoms with E-state index in [1.54, 1.807) is 6.20 Å². The molecule has 1 aliphatic rings. The second-order valence-electron chi connectivity index (χ2n) is 4.15. The molecule has 0 aromatic carbocycles. The number of nitrogens with zero attached hydrogens (tertiary/aromatic N) is 1. The zero-order valence-electron chi connectivity index (χ0n) is 8.52. The first-order valence-electron chi connectivity index (χ1n) is 5.17. The maximum Gasteiger partial charge on any atom is 0.248 e. The molecule has 1 aromatic rings. The van der Waals surface area contributed by atoms with Crippen molar-refractivity contribution < 1.29 is 13.2 Å². The number of rotatable bonds is 1. The van der Waals surface area contributed by atoms with Crippen molar-refractivity contribution in [3.05, 3.63) is 27.3 Å². The van der Waals surface area contributed by atoms with E-state index in [1.807, 2.05) is 22.6 Å². The summed E-state index contributed by atoms with van der Waals surface area (Å²) >= 11 is 1.98. The third-order valence-electron chi connectivity index (χ3n) is 2.94. The van der Waals surface area contributed by atoms with Gasteiger partial charge in [-0.3, -0.25) is 4.98 Å². The third-order valence-corrected chi connectivity index (χ3v) is 3.53. The summed E-state index contributed by atoms with van der Waals surface area (Å²) in [6.45, 7) is 0. The summed E-state index contributed by atoms with van der Waals surface area (Å²) in [6, 6.07) is 1.40. The van der Waals surface area contributed by atoms with Crippen molar-refractivity contribution in [1.29, 1.82) is 0 Å². The van der Waals surface area contributed by atoms with E-state index < -0.39 is 5.92 Å². The summed E-state index contributed by atoms with van der Waals surface area (Å²) in [5, 5.41) is 0. The molecule has 1 aromatic heterocycles. The largest absolute Gasteiger partial charge is 0.257 e. The first-order chi connectivity index (χ1) is 7.48. The van der Waals surface area contributed by atoms with E-state index in [0.29, 0.717) is 18.5 Å². The SMILES string of the molecule is Fc1cc(I)cnc1C1CCC(F)(F)CC1. The van der Waals surface area contributed by atoms with Crippen LogP contribution >= 0.6 is 22.6 Å². The monoisotopic (exact) mass is 341 g/mol. The quantitative estimate of drug-likeness (QED) is 0.701. The van der Waals surface area contributed by atoms with Crippen molar-refractivity contribution in [2.45, 2.75) is 37.5 Å². The van der Waals surface area contributed by atoms with Crippen LogP contribution in [0.25, 0.3) is 0 Å². The van der Waals surface area contributed by atoms with Crippen molar-refractivity contribution in [3.63, 3.8) is 0 Å². The van der Waals surface area contributed by atoms with Gasteiger partial charge in [0, 0.05) is 28.5 Å². The fraction of sp³-hybridized carbons (Fsp3) is 0.545. The van der Waals surface area contributed by atoms with Gasteiger partial charge in [-0.15, -0.1) is 0 Å². The van der Waals surface area contributed by atoms with Gasteiger partial charge in [-0.25, -0.2) is 13.2 Å². The highest BCUT2D eigenvalue weighted by Gasteiger charge is 2.36. The van der Waals surface area contributed by atoms with Crippen molar-refractivity contribution in [3.8, 4) is 0 Å². The fourth-order valence-electron chi connectivity index (χ4n) is 2.04. The lowest BCUT2D eigenvalue weighted by Crippen LogP contribution is -2.24. The second-order valence-corrected chi connectivity index (χ2v) is 5.40. The topological polar surface area (TPSA) is 12.9 Å². The van der Waals surface area contributed by atoms with Crippen LogP contribution < -0.4 is 0 Å². The zero-order valence-corrected chi connectivity index (χ0v) is 10.7. The molecule has 1 nitrogen and oxygen atoms in total. The Bertz CT molecular complexity index is 385. The van der Waals surface area contributed by atoms with Crippen LogP contribution in [0.2, 0.25) is 0 Å². The van der Waals surface area contributed by atoms with E-state index in [2.05, 4.69) is 4.98 Å². The summed E-state index contributed by atoms with van der Waals surface area (Å²) in [6.07, 6.45) is 1.89. The minimum absolute atomic E-state index is 0.156. The van der Waals surface area contributed by atoms with E-state index in [0.717, 1.165) is 3.57 Å². The predicted octanol–water partition coefficient (Wildman–Crippen LogP) is 4.12. The average Bonchev–Trinajstić information content (AvgIpc) is 2.19. The molecule has 0 spiro atoms. The van der Waals surface area contributed by atoms with Gasteiger partial charge < -0.3 is 0 Å². The van der Waals surface area contributed by atoms with Crippen LogP contribution in [-0.4, -0.2) is 10.9 Å².